The Morgan fingerprint density at radius 2 is 1.78 bits per heavy atom. The zero-order valence-corrected chi connectivity index (χ0v) is 14.4. The summed E-state index contributed by atoms with van der Waals surface area (Å²) in [5, 5.41) is 0. The Bertz CT molecular complexity index is 519. The van der Waals surface area contributed by atoms with Crippen molar-refractivity contribution in [2.24, 2.45) is 34.5 Å². The van der Waals surface area contributed by atoms with Crippen LogP contribution in [0.3, 0.4) is 0 Å². The van der Waals surface area contributed by atoms with Gasteiger partial charge in [0.05, 0.1) is 5.92 Å². The lowest BCUT2D eigenvalue weighted by atomic mass is 9.47. The normalized spacial score (nSPS) is 49.9. The van der Waals surface area contributed by atoms with Crippen LogP contribution < -0.4 is 0 Å². The maximum atomic E-state index is 13.5. The number of rotatable bonds is 0. The second-order valence-electron chi connectivity index (χ2n) is 9.18. The summed E-state index contributed by atoms with van der Waals surface area (Å²) in [6.45, 7) is 4.38. The van der Waals surface area contributed by atoms with Gasteiger partial charge in [0.15, 0.2) is 0 Å². The number of hydrogen-bond acceptors (Lipinski definition) is 0. The number of allylic oxidation sites excluding steroid dienone is 2. The van der Waals surface area contributed by atoms with E-state index in [0.717, 1.165) is 25.7 Å². The minimum absolute atomic E-state index is 0.282. The molecule has 0 nitrogen and oxygen atoms in total. The van der Waals surface area contributed by atoms with Gasteiger partial charge >= 0.3 is 6.18 Å². The van der Waals surface area contributed by atoms with Crippen molar-refractivity contribution >= 4 is 0 Å². The molecule has 0 spiro atoms. The van der Waals surface area contributed by atoms with Crippen LogP contribution in [-0.2, 0) is 0 Å². The molecule has 23 heavy (non-hydrogen) atoms. The van der Waals surface area contributed by atoms with Crippen molar-refractivity contribution < 1.29 is 13.2 Å². The maximum Gasteiger partial charge on any atom is 0.392 e. The molecule has 130 valence electrons. The van der Waals surface area contributed by atoms with E-state index in [-0.39, 0.29) is 5.92 Å². The van der Waals surface area contributed by atoms with Crippen LogP contribution in [0.2, 0.25) is 0 Å². The molecule has 0 unspecified atom stereocenters. The fourth-order valence-corrected chi connectivity index (χ4v) is 7.24. The van der Waals surface area contributed by atoms with E-state index in [1.807, 2.05) is 6.92 Å². The average molecular weight is 326 g/mol. The van der Waals surface area contributed by atoms with Gasteiger partial charge in [-0.2, -0.15) is 13.2 Å². The molecular weight excluding hydrogens is 297 g/mol. The highest BCUT2D eigenvalue weighted by molar-refractivity contribution is 5.24. The Balaban J connectivity index is 1.67. The van der Waals surface area contributed by atoms with Gasteiger partial charge in [-0.15, -0.1) is 0 Å². The highest BCUT2D eigenvalue weighted by atomic mass is 19.4. The molecule has 0 bridgehead atoms. The van der Waals surface area contributed by atoms with Crippen molar-refractivity contribution in [3.63, 3.8) is 0 Å². The molecular formula is C20H29F3. The van der Waals surface area contributed by atoms with Crippen LogP contribution in [0.4, 0.5) is 13.2 Å². The van der Waals surface area contributed by atoms with Gasteiger partial charge in [-0.05, 0) is 80.0 Å². The van der Waals surface area contributed by atoms with Crippen molar-refractivity contribution in [1.82, 2.24) is 0 Å². The summed E-state index contributed by atoms with van der Waals surface area (Å²) in [4.78, 5) is 0. The molecule has 0 aliphatic heterocycles. The molecule has 3 fully saturated rings. The lowest BCUT2D eigenvalue weighted by Crippen LogP contribution is -2.51. The summed E-state index contributed by atoms with van der Waals surface area (Å²) < 4.78 is 40.6. The molecule has 4 aliphatic carbocycles. The number of fused-ring (bicyclic) bond motifs is 5. The molecule has 0 aromatic heterocycles. The number of halogens is 3. The molecule has 3 saturated carbocycles. The van der Waals surface area contributed by atoms with Crippen LogP contribution in [0.1, 0.15) is 71.6 Å². The second kappa shape index (κ2) is 5.02. The Hall–Kier alpha value is -0.470. The third-order valence-electron chi connectivity index (χ3n) is 8.41. The standard InChI is InChI=1S/C20H29F3/c1-18-11-4-3-5-13(18)6-7-14-15-8-9-17(20(21,22)23)19(15,2)12-10-16(14)18/h6,14-17H,3-5,7-12H2,1-2H3/t14-,15-,16-,17+,18-,19-/m0/s1. The van der Waals surface area contributed by atoms with E-state index in [1.165, 1.54) is 25.7 Å². The largest absolute Gasteiger partial charge is 0.392 e. The predicted octanol–water partition coefficient (Wildman–Crippen LogP) is 6.52. The molecule has 0 aromatic rings. The van der Waals surface area contributed by atoms with Crippen molar-refractivity contribution in [2.75, 3.05) is 0 Å². The molecule has 6 atom stereocenters. The van der Waals surface area contributed by atoms with Gasteiger partial charge in [-0.1, -0.05) is 31.9 Å². The van der Waals surface area contributed by atoms with Gasteiger partial charge < -0.3 is 0 Å². The molecule has 0 heterocycles. The summed E-state index contributed by atoms with van der Waals surface area (Å²) in [6.07, 6.45) is 7.50. The van der Waals surface area contributed by atoms with E-state index in [9.17, 15) is 13.2 Å². The van der Waals surface area contributed by atoms with Crippen LogP contribution >= 0.6 is 0 Å². The van der Waals surface area contributed by atoms with E-state index in [2.05, 4.69) is 13.0 Å². The molecule has 4 aliphatic rings. The first-order valence-corrected chi connectivity index (χ1v) is 9.53. The lowest BCUT2D eigenvalue weighted by molar-refractivity contribution is -0.211. The van der Waals surface area contributed by atoms with Crippen molar-refractivity contribution in [2.45, 2.75) is 77.8 Å². The minimum atomic E-state index is -4.01. The highest BCUT2D eigenvalue weighted by Gasteiger charge is 2.63. The third-order valence-corrected chi connectivity index (χ3v) is 8.41. The first-order chi connectivity index (χ1) is 10.8. The molecule has 4 rings (SSSR count). The van der Waals surface area contributed by atoms with E-state index in [0.29, 0.717) is 23.7 Å². The van der Waals surface area contributed by atoms with Crippen molar-refractivity contribution in [3.8, 4) is 0 Å². The summed E-state index contributed by atoms with van der Waals surface area (Å²) in [5.74, 6) is 0.343. The fourth-order valence-electron chi connectivity index (χ4n) is 7.24. The number of hydrogen-bond donors (Lipinski definition) is 0. The van der Waals surface area contributed by atoms with Crippen LogP contribution in [-0.4, -0.2) is 6.18 Å². The lowest BCUT2D eigenvalue weighted by Gasteiger charge is -2.57. The predicted molar refractivity (Wildman–Crippen MR) is 85.9 cm³/mol. The van der Waals surface area contributed by atoms with E-state index >= 15 is 0 Å². The van der Waals surface area contributed by atoms with Gasteiger partial charge in [0.1, 0.15) is 0 Å². The van der Waals surface area contributed by atoms with Crippen molar-refractivity contribution in [1.29, 1.82) is 0 Å². The second-order valence-corrected chi connectivity index (χ2v) is 9.18. The van der Waals surface area contributed by atoms with Crippen LogP contribution in [0.15, 0.2) is 11.6 Å². The van der Waals surface area contributed by atoms with Gasteiger partial charge in [0.2, 0.25) is 0 Å². The summed E-state index contributed by atoms with van der Waals surface area (Å²) in [5.41, 5.74) is 1.42. The van der Waals surface area contributed by atoms with Gasteiger partial charge in [0, 0.05) is 0 Å². The molecule has 3 heteroatoms. The van der Waals surface area contributed by atoms with E-state index in [1.54, 1.807) is 5.57 Å². The average Bonchev–Trinajstić information content (AvgIpc) is 2.84. The van der Waals surface area contributed by atoms with E-state index in [4.69, 9.17) is 0 Å². The quantitative estimate of drug-likeness (QED) is 0.445. The zero-order chi connectivity index (χ0) is 16.5. The summed E-state index contributed by atoms with van der Waals surface area (Å²) >= 11 is 0. The van der Waals surface area contributed by atoms with Gasteiger partial charge in [-0.3, -0.25) is 0 Å². The van der Waals surface area contributed by atoms with Crippen LogP contribution in [0.5, 0.6) is 0 Å². The molecule has 0 radical (unpaired) electrons. The molecule has 0 aromatic carbocycles. The van der Waals surface area contributed by atoms with Gasteiger partial charge in [0.25, 0.3) is 0 Å². The van der Waals surface area contributed by atoms with Crippen LogP contribution in [0.25, 0.3) is 0 Å². The topological polar surface area (TPSA) is 0 Å². The Kier molecular flexibility index (Phi) is 3.50. The number of alkyl halides is 3. The fraction of sp³-hybridized carbons (Fsp3) is 0.900. The minimum Gasteiger partial charge on any atom is -0.171 e. The van der Waals surface area contributed by atoms with Crippen LogP contribution in [0, 0.1) is 34.5 Å². The Labute approximate surface area is 137 Å². The van der Waals surface area contributed by atoms with E-state index < -0.39 is 17.5 Å². The third kappa shape index (κ3) is 2.17. The summed E-state index contributed by atoms with van der Waals surface area (Å²) in [6, 6.07) is 0. The maximum absolute atomic E-state index is 13.5. The monoisotopic (exact) mass is 326 g/mol. The van der Waals surface area contributed by atoms with Gasteiger partial charge in [-0.25, -0.2) is 0 Å². The Morgan fingerprint density at radius 3 is 2.52 bits per heavy atom. The summed E-state index contributed by atoms with van der Waals surface area (Å²) in [7, 11) is 0. The first kappa shape index (κ1) is 16.0. The smallest absolute Gasteiger partial charge is 0.171 e. The Morgan fingerprint density at radius 1 is 1.00 bits per heavy atom. The van der Waals surface area contributed by atoms with Crippen molar-refractivity contribution in [3.05, 3.63) is 11.6 Å². The SMILES string of the molecule is C[C@]12CC[C@H]3[C@@H](CC=C4CCCC[C@@]43C)[C@@H]1CC[C@H]2C(F)(F)F. The highest BCUT2D eigenvalue weighted by Crippen LogP contribution is 2.68. The molecule has 0 amide bonds. The zero-order valence-electron chi connectivity index (χ0n) is 14.4. The molecule has 0 saturated heterocycles. The first-order valence-electron chi connectivity index (χ1n) is 9.53. The molecule has 0 N–H and O–H groups in total.